The lowest BCUT2D eigenvalue weighted by Gasteiger charge is -2.57. The Morgan fingerprint density at radius 1 is 1.43 bits per heavy atom. The van der Waals surface area contributed by atoms with Crippen LogP contribution in [0, 0.1) is 29.6 Å². The number of ether oxygens (including phenoxy) is 2. The van der Waals surface area contributed by atoms with Crippen molar-refractivity contribution >= 4 is 11.9 Å². The maximum absolute atomic E-state index is 12.2. The SMILES string of the molecule is C=C(C)C(=O)OC1(C(C)C)C2CCC3C(C(=O)OC31)C2C. The molecular formula is C17H24O4. The summed E-state index contributed by atoms with van der Waals surface area (Å²) in [5.74, 6) is 0.205. The fourth-order valence-corrected chi connectivity index (χ4v) is 5.01. The Kier molecular flexibility index (Phi) is 3.19. The molecule has 0 amide bonds. The van der Waals surface area contributed by atoms with Gasteiger partial charge in [-0.3, -0.25) is 4.79 Å². The molecule has 4 heteroatoms. The molecule has 4 bridgehead atoms. The molecular weight excluding hydrogens is 268 g/mol. The van der Waals surface area contributed by atoms with E-state index in [1.165, 1.54) is 0 Å². The van der Waals surface area contributed by atoms with Gasteiger partial charge in [-0.1, -0.05) is 27.4 Å². The molecule has 0 aromatic carbocycles. The van der Waals surface area contributed by atoms with E-state index in [0.717, 1.165) is 12.8 Å². The fraction of sp³-hybridized carbons (Fsp3) is 0.765. The van der Waals surface area contributed by atoms with Gasteiger partial charge in [-0.05, 0) is 31.6 Å². The van der Waals surface area contributed by atoms with Gasteiger partial charge < -0.3 is 9.47 Å². The fourth-order valence-electron chi connectivity index (χ4n) is 5.01. The highest BCUT2D eigenvalue weighted by Gasteiger charge is 2.70. The van der Waals surface area contributed by atoms with E-state index in [9.17, 15) is 9.59 Å². The van der Waals surface area contributed by atoms with Crippen LogP contribution in [0.25, 0.3) is 0 Å². The van der Waals surface area contributed by atoms with E-state index in [1.54, 1.807) is 6.92 Å². The second-order valence-electron chi connectivity index (χ2n) is 7.27. The van der Waals surface area contributed by atoms with Gasteiger partial charge in [0.2, 0.25) is 0 Å². The van der Waals surface area contributed by atoms with Crippen LogP contribution in [0.3, 0.4) is 0 Å². The normalized spacial score (nSPS) is 43.9. The van der Waals surface area contributed by atoms with Gasteiger partial charge in [-0.15, -0.1) is 0 Å². The van der Waals surface area contributed by atoms with E-state index in [1.807, 2.05) is 0 Å². The van der Waals surface area contributed by atoms with Crippen molar-refractivity contribution in [2.45, 2.75) is 52.2 Å². The minimum absolute atomic E-state index is 0.0100. The summed E-state index contributed by atoms with van der Waals surface area (Å²) in [5.41, 5.74) is -0.300. The Bertz CT molecular complexity index is 509. The largest absolute Gasteiger partial charge is 0.458 e. The molecule has 0 spiro atoms. The van der Waals surface area contributed by atoms with Crippen molar-refractivity contribution in [1.82, 2.24) is 0 Å². The molecule has 4 fully saturated rings. The highest BCUT2D eigenvalue weighted by molar-refractivity contribution is 5.87. The number of hydrogen-bond acceptors (Lipinski definition) is 4. The summed E-state index contributed by atoms with van der Waals surface area (Å²) in [5, 5.41) is 0. The van der Waals surface area contributed by atoms with Crippen molar-refractivity contribution < 1.29 is 19.1 Å². The number of fused-ring (bicyclic) bond motifs is 1. The lowest BCUT2D eigenvalue weighted by Crippen LogP contribution is -2.66. The quantitative estimate of drug-likeness (QED) is 0.593. The lowest BCUT2D eigenvalue weighted by atomic mass is 9.50. The summed E-state index contributed by atoms with van der Waals surface area (Å²) in [4.78, 5) is 24.4. The van der Waals surface area contributed by atoms with E-state index in [-0.39, 0.29) is 47.6 Å². The van der Waals surface area contributed by atoms with Crippen molar-refractivity contribution in [1.29, 1.82) is 0 Å². The predicted molar refractivity (Wildman–Crippen MR) is 77.2 cm³/mol. The topological polar surface area (TPSA) is 52.6 Å². The molecule has 3 saturated carbocycles. The molecule has 4 rings (SSSR count). The first-order valence-electron chi connectivity index (χ1n) is 7.90. The smallest absolute Gasteiger partial charge is 0.333 e. The molecule has 1 heterocycles. The first-order chi connectivity index (χ1) is 9.80. The maximum atomic E-state index is 12.2. The predicted octanol–water partition coefficient (Wildman–Crippen LogP) is 2.72. The van der Waals surface area contributed by atoms with E-state index in [0.29, 0.717) is 5.57 Å². The van der Waals surface area contributed by atoms with E-state index < -0.39 is 5.60 Å². The minimum atomic E-state index is -0.693. The summed E-state index contributed by atoms with van der Waals surface area (Å²) in [6.45, 7) is 11.6. The molecule has 0 N–H and O–H groups in total. The lowest BCUT2D eigenvalue weighted by molar-refractivity contribution is -0.229. The second-order valence-corrected chi connectivity index (χ2v) is 7.27. The van der Waals surface area contributed by atoms with Crippen LogP contribution >= 0.6 is 0 Å². The van der Waals surface area contributed by atoms with E-state index in [2.05, 4.69) is 27.4 Å². The first kappa shape index (κ1) is 14.6. The first-order valence-corrected chi connectivity index (χ1v) is 7.90. The van der Waals surface area contributed by atoms with Crippen LogP contribution in [0.2, 0.25) is 0 Å². The van der Waals surface area contributed by atoms with Gasteiger partial charge in [0.25, 0.3) is 0 Å². The average Bonchev–Trinajstić information content (AvgIpc) is 2.72. The maximum Gasteiger partial charge on any atom is 0.333 e. The highest BCUT2D eigenvalue weighted by atomic mass is 16.6. The highest BCUT2D eigenvalue weighted by Crippen LogP contribution is 2.61. The Morgan fingerprint density at radius 3 is 2.67 bits per heavy atom. The van der Waals surface area contributed by atoms with Gasteiger partial charge in [0, 0.05) is 17.4 Å². The third kappa shape index (κ3) is 1.74. The summed E-state index contributed by atoms with van der Waals surface area (Å²) in [7, 11) is 0. The zero-order chi connectivity index (χ0) is 15.5. The minimum Gasteiger partial charge on any atom is -0.458 e. The van der Waals surface area contributed by atoms with Gasteiger partial charge in [0.05, 0.1) is 5.92 Å². The van der Waals surface area contributed by atoms with Gasteiger partial charge in [-0.2, -0.15) is 0 Å². The Hall–Kier alpha value is -1.32. The number of hydrogen-bond donors (Lipinski definition) is 0. The molecule has 116 valence electrons. The molecule has 0 aromatic rings. The number of esters is 2. The standard InChI is InChI=1S/C17H24O4/c1-8(2)15(18)21-17(9(3)4)12-7-6-11-13(10(12)5)16(19)20-14(11)17/h9-14H,1,6-7H2,2-5H3. The zero-order valence-corrected chi connectivity index (χ0v) is 13.2. The molecule has 6 atom stereocenters. The molecule has 21 heavy (non-hydrogen) atoms. The van der Waals surface area contributed by atoms with Gasteiger partial charge >= 0.3 is 11.9 Å². The van der Waals surface area contributed by atoms with Crippen molar-refractivity contribution in [2.75, 3.05) is 0 Å². The van der Waals surface area contributed by atoms with Crippen LogP contribution in [-0.2, 0) is 19.1 Å². The summed E-state index contributed by atoms with van der Waals surface area (Å²) in [6, 6.07) is 0. The van der Waals surface area contributed by atoms with Crippen LogP contribution in [0.4, 0.5) is 0 Å². The van der Waals surface area contributed by atoms with Crippen LogP contribution in [0.15, 0.2) is 12.2 Å². The number of carbonyl (C=O) groups is 2. The molecule has 4 nitrogen and oxygen atoms in total. The zero-order valence-electron chi connectivity index (χ0n) is 13.2. The van der Waals surface area contributed by atoms with Crippen molar-refractivity contribution in [3.05, 3.63) is 12.2 Å². The molecule has 1 aliphatic heterocycles. The number of rotatable bonds is 3. The van der Waals surface area contributed by atoms with Crippen LogP contribution in [-0.4, -0.2) is 23.6 Å². The van der Waals surface area contributed by atoms with Crippen molar-refractivity contribution in [2.24, 2.45) is 29.6 Å². The summed E-state index contributed by atoms with van der Waals surface area (Å²) in [6.07, 6.45) is 1.71. The van der Waals surface area contributed by atoms with Gasteiger partial charge in [0.1, 0.15) is 6.10 Å². The van der Waals surface area contributed by atoms with Crippen molar-refractivity contribution in [3.8, 4) is 0 Å². The monoisotopic (exact) mass is 292 g/mol. The number of carbonyl (C=O) groups excluding carboxylic acids is 2. The van der Waals surface area contributed by atoms with E-state index in [4.69, 9.17) is 9.47 Å². The second kappa shape index (κ2) is 4.59. The molecule has 6 unspecified atom stereocenters. The molecule has 1 saturated heterocycles. The molecule has 3 aliphatic carbocycles. The molecule has 0 radical (unpaired) electrons. The summed E-state index contributed by atoms with van der Waals surface area (Å²) < 4.78 is 11.7. The Labute approximate surface area is 125 Å². The average molecular weight is 292 g/mol. The Morgan fingerprint density at radius 2 is 2.10 bits per heavy atom. The third-order valence-corrected chi connectivity index (χ3v) is 5.92. The van der Waals surface area contributed by atoms with Crippen molar-refractivity contribution in [3.63, 3.8) is 0 Å². The summed E-state index contributed by atoms with van der Waals surface area (Å²) >= 11 is 0. The van der Waals surface area contributed by atoms with Crippen LogP contribution < -0.4 is 0 Å². The van der Waals surface area contributed by atoms with Gasteiger partial charge in [0.15, 0.2) is 5.60 Å². The molecule has 0 aromatic heterocycles. The molecule has 4 aliphatic rings. The third-order valence-electron chi connectivity index (χ3n) is 5.92. The van der Waals surface area contributed by atoms with Crippen LogP contribution in [0.1, 0.15) is 40.5 Å². The van der Waals surface area contributed by atoms with E-state index >= 15 is 0 Å². The van der Waals surface area contributed by atoms with Crippen LogP contribution in [0.5, 0.6) is 0 Å². The Balaban J connectivity index is 2.06. The van der Waals surface area contributed by atoms with Gasteiger partial charge in [-0.25, -0.2) is 4.79 Å².